The molecule has 26 heteroatoms. The molecule has 376 valence electrons. The van der Waals surface area contributed by atoms with Crippen molar-refractivity contribution in [3.8, 4) is 5.75 Å². The van der Waals surface area contributed by atoms with E-state index < -0.39 is 139 Å². The van der Waals surface area contributed by atoms with Gasteiger partial charge in [0.15, 0.2) is 0 Å². The minimum Gasteiger partial charge on any atom is -0.508 e. The number of hydrogen-bond acceptors (Lipinski definition) is 15. The Bertz CT molecular complexity index is 2030. The average molecular weight is 993 g/mol. The van der Waals surface area contributed by atoms with E-state index in [4.69, 9.17) is 22.9 Å². The molecule has 2 aliphatic rings. The SMILES string of the molecule is CC[C@H](C)[C@@H]1NC(=O)C(Cc2ccc(O)cc2)NC(=O)[C@@H](N)CSSCC(C(=O)N2CCC[C@H]2C(=O)N[C@@H](CC(C)C)C(=O)NCC(N)=O)NC(=O)[C@H](CC(N)=O)NC(=O)C(CC(N)=O)NC1=O. The van der Waals surface area contributed by atoms with Crippen molar-refractivity contribution in [2.75, 3.05) is 24.6 Å². The third kappa shape index (κ3) is 17.8. The molecule has 0 aliphatic carbocycles. The van der Waals surface area contributed by atoms with Crippen LogP contribution < -0.4 is 60.2 Å². The first kappa shape index (κ1) is 56.2. The van der Waals surface area contributed by atoms with Crippen molar-refractivity contribution in [3.63, 3.8) is 0 Å². The van der Waals surface area contributed by atoms with Crippen LogP contribution in [0.4, 0.5) is 0 Å². The molecule has 3 rings (SSSR count). The fourth-order valence-corrected chi connectivity index (χ4v) is 9.48. The molecule has 16 N–H and O–H groups in total. The molecule has 9 atom stereocenters. The van der Waals surface area contributed by atoms with Crippen LogP contribution in [0.2, 0.25) is 0 Å². The van der Waals surface area contributed by atoms with Crippen molar-refractivity contribution >= 4 is 86.6 Å². The maximum Gasteiger partial charge on any atom is 0.246 e. The molecule has 2 fully saturated rings. The van der Waals surface area contributed by atoms with E-state index in [9.17, 15) is 57.8 Å². The first-order chi connectivity index (χ1) is 32.0. The number of amides is 11. The summed E-state index contributed by atoms with van der Waals surface area (Å²) in [5.74, 6) is -10.9. The summed E-state index contributed by atoms with van der Waals surface area (Å²) in [7, 11) is 2.03. The van der Waals surface area contributed by atoms with Crippen molar-refractivity contribution < 1.29 is 57.8 Å². The Hall–Kier alpha value is -6.15. The number of nitrogens with zero attached hydrogens (tertiary/aromatic N) is 1. The molecule has 11 amide bonds. The topological polar surface area (TPSA) is 400 Å². The summed E-state index contributed by atoms with van der Waals surface area (Å²) in [6.45, 7) is 6.55. The number of benzene rings is 1. The van der Waals surface area contributed by atoms with Gasteiger partial charge in [-0.3, -0.25) is 52.7 Å². The molecule has 0 spiro atoms. The molecule has 24 nitrogen and oxygen atoms in total. The standard InChI is InChI=1S/C42H64N12O12S2/c1-5-21(4)34-41(65)51-28(16-32(45)57)37(61)49-27(15-31(44)56)38(62)52-29(19-68-67-18-24(43)35(59)48-26(39(63)53-34)14-22-8-10-23(55)11-9-22)42(66)54-12-6-7-30(54)40(64)50-25(13-20(2)3)36(60)47-17-33(46)58/h8-11,20-21,24-30,34,55H,5-7,12-19,43H2,1-4H3,(H2,44,56)(H2,45,57)(H2,46,58)(H,47,60)(H,48,59)(H,49,61)(H,50,64)(H,51,65)(H,52,62)(H,53,63)/t21-,24-,25-,26?,27-,28?,29?,30-,34-/m0/s1. The maximum atomic E-state index is 14.5. The second kappa shape index (κ2) is 27.0. The quantitative estimate of drug-likeness (QED) is 0.0703. The van der Waals surface area contributed by atoms with Crippen molar-refractivity contribution in [2.24, 2.45) is 34.8 Å². The molecular formula is C42H64N12O12S2. The monoisotopic (exact) mass is 992 g/mol. The van der Waals surface area contributed by atoms with Gasteiger partial charge in [0.1, 0.15) is 48.0 Å². The Labute approximate surface area is 401 Å². The van der Waals surface area contributed by atoms with Gasteiger partial charge in [0.2, 0.25) is 65.0 Å². The third-order valence-electron chi connectivity index (χ3n) is 11.0. The first-order valence-corrected chi connectivity index (χ1v) is 24.5. The van der Waals surface area contributed by atoms with Gasteiger partial charge in [0.05, 0.1) is 25.4 Å². The number of primary amides is 3. The molecule has 1 aromatic rings. The molecule has 3 unspecified atom stereocenters. The highest BCUT2D eigenvalue weighted by molar-refractivity contribution is 8.76. The van der Waals surface area contributed by atoms with E-state index in [1.807, 2.05) is 13.8 Å². The van der Waals surface area contributed by atoms with E-state index >= 15 is 0 Å². The minimum atomic E-state index is -1.79. The van der Waals surface area contributed by atoms with Gasteiger partial charge in [-0.15, -0.1) is 0 Å². The van der Waals surface area contributed by atoms with Crippen molar-refractivity contribution in [1.29, 1.82) is 0 Å². The van der Waals surface area contributed by atoms with Crippen molar-refractivity contribution in [1.82, 2.24) is 42.1 Å². The summed E-state index contributed by atoms with van der Waals surface area (Å²) < 4.78 is 0. The van der Waals surface area contributed by atoms with E-state index in [1.165, 1.54) is 29.2 Å². The van der Waals surface area contributed by atoms with Gasteiger partial charge in [-0.25, -0.2) is 0 Å². The number of carbonyl (C=O) groups is 11. The molecule has 0 radical (unpaired) electrons. The van der Waals surface area contributed by atoms with Crippen LogP contribution in [0.3, 0.4) is 0 Å². The summed E-state index contributed by atoms with van der Waals surface area (Å²) in [6.07, 6.45) is -0.745. The van der Waals surface area contributed by atoms with Crippen LogP contribution in [0.15, 0.2) is 24.3 Å². The van der Waals surface area contributed by atoms with Crippen molar-refractivity contribution in [2.45, 2.75) is 121 Å². The number of rotatable bonds is 16. The fourth-order valence-electron chi connectivity index (χ4n) is 7.20. The highest BCUT2D eigenvalue weighted by Gasteiger charge is 2.41. The Kier molecular flexibility index (Phi) is 22.3. The summed E-state index contributed by atoms with van der Waals surface area (Å²) in [5, 5.41) is 27.4. The van der Waals surface area contributed by atoms with Crippen molar-refractivity contribution in [3.05, 3.63) is 29.8 Å². The first-order valence-electron chi connectivity index (χ1n) is 22.0. The van der Waals surface area contributed by atoms with Gasteiger partial charge in [-0.1, -0.05) is 67.8 Å². The Morgan fingerprint density at radius 1 is 0.765 bits per heavy atom. The van der Waals surface area contributed by atoms with Gasteiger partial charge in [-0.05, 0) is 48.8 Å². The predicted octanol–water partition coefficient (Wildman–Crippen LogP) is -4.00. The Morgan fingerprint density at radius 2 is 1.32 bits per heavy atom. The summed E-state index contributed by atoms with van der Waals surface area (Å²) in [5.41, 5.74) is 22.9. The highest BCUT2D eigenvalue weighted by atomic mass is 33.1. The largest absolute Gasteiger partial charge is 0.508 e. The zero-order valence-corrected chi connectivity index (χ0v) is 40.0. The smallest absolute Gasteiger partial charge is 0.246 e. The average Bonchev–Trinajstić information content (AvgIpc) is 3.77. The molecule has 0 bridgehead atoms. The lowest BCUT2D eigenvalue weighted by atomic mass is 9.96. The van der Waals surface area contributed by atoms with Gasteiger partial charge in [0.25, 0.3) is 0 Å². The van der Waals surface area contributed by atoms with E-state index in [2.05, 4.69) is 37.2 Å². The lowest BCUT2D eigenvalue weighted by Crippen LogP contribution is -2.62. The number of aromatic hydroxyl groups is 1. The molecule has 0 saturated carbocycles. The fraction of sp³-hybridized carbons (Fsp3) is 0.595. The number of hydrogen-bond donors (Lipinski definition) is 12. The molecule has 68 heavy (non-hydrogen) atoms. The number of carbonyl (C=O) groups excluding carboxylic acids is 11. The summed E-state index contributed by atoms with van der Waals surface area (Å²) in [6, 6.07) is -5.38. The van der Waals surface area contributed by atoms with Crippen LogP contribution in [-0.2, 0) is 59.2 Å². The molecule has 2 aliphatic heterocycles. The number of phenols is 1. The molecule has 2 heterocycles. The second-order valence-corrected chi connectivity index (χ2v) is 19.6. The summed E-state index contributed by atoms with van der Waals surface area (Å²) >= 11 is 0. The third-order valence-corrected chi connectivity index (χ3v) is 13.5. The number of nitrogens with one attached hydrogen (secondary N) is 7. The van der Waals surface area contributed by atoms with Crippen LogP contribution in [0.5, 0.6) is 5.75 Å². The number of phenolic OH excluding ortho intramolecular Hbond substituents is 1. The van der Waals surface area contributed by atoms with E-state index in [1.54, 1.807) is 13.8 Å². The van der Waals surface area contributed by atoms with Crippen LogP contribution in [0.25, 0.3) is 0 Å². The highest BCUT2D eigenvalue weighted by Crippen LogP contribution is 2.26. The molecule has 2 saturated heterocycles. The zero-order valence-electron chi connectivity index (χ0n) is 38.4. The van der Waals surface area contributed by atoms with Gasteiger partial charge >= 0.3 is 0 Å². The molecule has 1 aromatic carbocycles. The zero-order chi connectivity index (χ0) is 50.8. The minimum absolute atomic E-state index is 0.0430. The lowest BCUT2D eigenvalue weighted by Gasteiger charge is -2.31. The van der Waals surface area contributed by atoms with E-state index in [0.29, 0.717) is 18.4 Å². The van der Waals surface area contributed by atoms with Crippen LogP contribution in [0, 0.1) is 11.8 Å². The van der Waals surface area contributed by atoms with Crippen LogP contribution in [-0.4, -0.2) is 148 Å². The van der Waals surface area contributed by atoms with Gasteiger partial charge in [-0.2, -0.15) is 0 Å². The second-order valence-electron chi connectivity index (χ2n) is 17.1. The molecular weight excluding hydrogens is 929 g/mol. The van der Waals surface area contributed by atoms with Gasteiger partial charge in [0, 0.05) is 24.5 Å². The Morgan fingerprint density at radius 3 is 1.90 bits per heavy atom. The number of likely N-dealkylation sites (tertiary alicyclic amines) is 1. The lowest BCUT2D eigenvalue weighted by molar-refractivity contribution is -0.142. The Balaban J connectivity index is 2.04. The van der Waals surface area contributed by atoms with Crippen LogP contribution in [0.1, 0.15) is 71.8 Å². The van der Waals surface area contributed by atoms with E-state index in [0.717, 1.165) is 21.6 Å². The predicted molar refractivity (Wildman–Crippen MR) is 250 cm³/mol. The maximum absolute atomic E-state index is 14.5. The normalized spacial score (nSPS) is 24.5. The summed E-state index contributed by atoms with van der Waals surface area (Å²) in [4.78, 5) is 148. The number of nitrogens with two attached hydrogens (primary N) is 4. The molecule has 0 aromatic heterocycles. The van der Waals surface area contributed by atoms with Crippen LogP contribution >= 0.6 is 21.6 Å². The van der Waals surface area contributed by atoms with Gasteiger partial charge < -0.3 is 70.2 Å². The van der Waals surface area contributed by atoms with E-state index in [-0.39, 0.29) is 49.0 Å².